The molecule has 1 atom stereocenters. The van der Waals surface area contributed by atoms with E-state index in [0.29, 0.717) is 12.1 Å². The van der Waals surface area contributed by atoms with Crippen LogP contribution in [0.4, 0.5) is 10.1 Å². The second-order valence-electron chi connectivity index (χ2n) is 3.76. The number of nitro groups is 1. The average molecular weight is 322 g/mol. The SMILES string of the molecule is COC(=O)C(O)CNS(=O)(=O)c1ccc([N+](=O)[O-])c(F)c1. The van der Waals surface area contributed by atoms with Crippen LogP contribution >= 0.6 is 0 Å². The van der Waals surface area contributed by atoms with Gasteiger partial charge in [0.05, 0.1) is 16.9 Å². The summed E-state index contributed by atoms with van der Waals surface area (Å²) in [5.74, 6) is -2.37. The van der Waals surface area contributed by atoms with Gasteiger partial charge in [-0.15, -0.1) is 0 Å². The van der Waals surface area contributed by atoms with Crippen molar-refractivity contribution >= 4 is 21.7 Å². The molecule has 0 saturated carbocycles. The van der Waals surface area contributed by atoms with E-state index < -0.39 is 50.0 Å². The summed E-state index contributed by atoms with van der Waals surface area (Å²) >= 11 is 0. The van der Waals surface area contributed by atoms with Gasteiger partial charge in [0.2, 0.25) is 15.8 Å². The molecule has 0 radical (unpaired) electrons. The summed E-state index contributed by atoms with van der Waals surface area (Å²) in [5.41, 5.74) is -0.872. The van der Waals surface area contributed by atoms with E-state index in [4.69, 9.17) is 0 Å². The van der Waals surface area contributed by atoms with Gasteiger partial charge in [-0.05, 0) is 6.07 Å². The summed E-state index contributed by atoms with van der Waals surface area (Å²) in [6.45, 7) is -0.687. The van der Waals surface area contributed by atoms with Gasteiger partial charge in [0, 0.05) is 18.7 Å². The molecule has 0 aliphatic carbocycles. The van der Waals surface area contributed by atoms with E-state index in [1.165, 1.54) is 0 Å². The molecular formula is C10H11FN2O7S. The summed E-state index contributed by atoms with van der Waals surface area (Å²) in [5, 5.41) is 19.7. The minimum Gasteiger partial charge on any atom is -0.467 e. The molecule has 9 nitrogen and oxygen atoms in total. The van der Waals surface area contributed by atoms with Gasteiger partial charge in [0.1, 0.15) is 0 Å². The van der Waals surface area contributed by atoms with Crippen molar-refractivity contribution in [2.75, 3.05) is 13.7 Å². The Morgan fingerprint density at radius 2 is 2.19 bits per heavy atom. The number of sulfonamides is 1. The number of aliphatic hydroxyl groups is 1. The molecule has 0 aliphatic heterocycles. The molecule has 0 aromatic heterocycles. The Morgan fingerprint density at radius 1 is 1.57 bits per heavy atom. The number of nitrogens with one attached hydrogen (secondary N) is 1. The van der Waals surface area contributed by atoms with Gasteiger partial charge in [-0.25, -0.2) is 17.9 Å². The molecular weight excluding hydrogens is 311 g/mol. The van der Waals surface area contributed by atoms with Gasteiger partial charge in [0.15, 0.2) is 6.10 Å². The molecule has 1 aromatic rings. The maximum atomic E-state index is 13.4. The summed E-state index contributed by atoms with van der Waals surface area (Å²) in [7, 11) is -3.24. The molecule has 0 saturated heterocycles. The summed E-state index contributed by atoms with van der Waals surface area (Å²) in [4.78, 5) is 19.7. The quantitative estimate of drug-likeness (QED) is 0.411. The number of hydrogen-bond acceptors (Lipinski definition) is 7. The van der Waals surface area contributed by atoms with Crippen LogP contribution in [-0.4, -0.2) is 44.2 Å². The Morgan fingerprint density at radius 3 is 2.67 bits per heavy atom. The number of nitrogens with zero attached hydrogens (tertiary/aromatic N) is 1. The first-order valence-electron chi connectivity index (χ1n) is 5.38. The van der Waals surface area contributed by atoms with Crippen LogP contribution in [0, 0.1) is 15.9 Å². The first-order chi connectivity index (χ1) is 9.69. The highest BCUT2D eigenvalue weighted by Gasteiger charge is 2.23. The third-order valence-corrected chi connectivity index (χ3v) is 3.79. The predicted molar refractivity (Wildman–Crippen MR) is 66.3 cm³/mol. The van der Waals surface area contributed by atoms with Crippen LogP contribution in [-0.2, 0) is 19.6 Å². The fraction of sp³-hybridized carbons (Fsp3) is 0.300. The lowest BCUT2D eigenvalue weighted by Crippen LogP contribution is -2.37. The average Bonchev–Trinajstić information content (AvgIpc) is 2.43. The maximum absolute atomic E-state index is 13.4. The number of rotatable bonds is 6. The molecule has 0 heterocycles. The van der Waals surface area contributed by atoms with Crippen LogP contribution in [0.15, 0.2) is 23.1 Å². The van der Waals surface area contributed by atoms with Crippen molar-refractivity contribution < 1.29 is 32.4 Å². The van der Waals surface area contributed by atoms with Crippen molar-refractivity contribution in [2.24, 2.45) is 0 Å². The zero-order valence-corrected chi connectivity index (χ0v) is 11.5. The lowest BCUT2D eigenvalue weighted by molar-refractivity contribution is -0.387. The van der Waals surface area contributed by atoms with Crippen LogP contribution in [0.2, 0.25) is 0 Å². The molecule has 0 aliphatic rings. The highest BCUT2D eigenvalue weighted by Crippen LogP contribution is 2.20. The largest absolute Gasteiger partial charge is 0.467 e. The topological polar surface area (TPSA) is 136 Å². The smallest absolute Gasteiger partial charge is 0.336 e. The Kier molecular flexibility index (Phi) is 5.29. The fourth-order valence-corrected chi connectivity index (χ4v) is 2.34. The molecule has 11 heteroatoms. The molecule has 1 rings (SSSR count). The van der Waals surface area contributed by atoms with Crippen molar-refractivity contribution in [3.63, 3.8) is 0 Å². The number of aliphatic hydroxyl groups excluding tert-OH is 1. The Bertz CT molecular complexity index is 661. The number of benzene rings is 1. The van der Waals surface area contributed by atoms with Gasteiger partial charge >= 0.3 is 11.7 Å². The van der Waals surface area contributed by atoms with E-state index in [-0.39, 0.29) is 0 Å². The molecule has 1 aromatic carbocycles. The number of nitro benzene ring substituents is 1. The number of ether oxygens (including phenoxy) is 1. The van der Waals surface area contributed by atoms with Crippen LogP contribution < -0.4 is 4.72 Å². The van der Waals surface area contributed by atoms with Gasteiger partial charge in [0.25, 0.3) is 0 Å². The van der Waals surface area contributed by atoms with Crippen LogP contribution in [0.1, 0.15) is 0 Å². The van der Waals surface area contributed by atoms with E-state index in [2.05, 4.69) is 4.74 Å². The first-order valence-corrected chi connectivity index (χ1v) is 6.87. The molecule has 2 N–H and O–H groups in total. The molecule has 0 spiro atoms. The number of halogens is 1. The standard InChI is InChI=1S/C10H11FN2O7S/c1-20-10(15)9(14)5-12-21(18,19)6-2-3-8(13(16)17)7(11)4-6/h2-4,9,12,14H,5H2,1H3. The zero-order valence-electron chi connectivity index (χ0n) is 10.6. The van der Waals surface area contributed by atoms with E-state index >= 15 is 0 Å². The van der Waals surface area contributed by atoms with E-state index in [1.807, 2.05) is 4.72 Å². The molecule has 0 bridgehead atoms. The second kappa shape index (κ2) is 6.56. The zero-order chi connectivity index (χ0) is 16.2. The molecule has 0 amide bonds. The number of hydrogen-bond donors (Lipinski definition) is 2. The number of carbonyl (C=O) groups excluding carboxylic acids is 1. The first kappa shape index (κ1) is 16.9. The number of carbonyl (C=O) groups is 1. The monoisotopic (exact) mass is 322 g/mol. The Balaban J connectivity index is 2.91. The van der Waals surface area contributed by atoms with Crippen LogP contribution in [0.25, 0.3) is 0 Å². The van der Waals surface area contributed by atoms with Gasteiger partial charge in [-0.3, -0.25) is 10.1 Å². The summed E-state index contributed by atoms with van der Waals surface area (Å²) in [6, 6.07) is 1.99. The number of esters is 1. The van der Waals surface area contributed by atoms with Gasteiger partial charge < -0.3 is 9.84 Å². The van der Waals surface area contributed by atoms with E-state index in [1.54, 1.807) is 0 Å². The van der Waals surface area contributed by atoms with Crippen molar-refractivity contribution in [3.05, 3.63) is 34.1 Å². The Labute approximate surface area is 118 Å². The molecule has 0 fully saturated rings. The predicted octanol–water partition coefficient (Wildman–Crippen LogP) is -0.454. The third-order valence-electron chi connectivity index (χ3n) is 2.37. The highest BCUT2D eigenvalue weighted by molar-refractivity contribution is 7.89. The second-order valence-corrected chi connectivity index (χ2v) is 5.53. The fourth-order valence-electron chi connectivity index (χ4n) is 1.29. The lowest BCUT2D eigenvalue weighted by Gasteiger charge is -2.10. The highest BCUT2D eigenvalue weighted by atomic mass is 32.2. The van der Waals surface area contributed by atoms with E-state index in [9.17, 15) is 32.8 Å². The molecule has 21 heavy (non-hydrogen) atoms. The van der Waals surface area contributed by atoms with Crippen LogP contribution in [0.5, 0.6) is 0 Å². The summed E-state index contributed by atoms with van der Waals surface area (Å²) in [6.07, 6.45) is -1.73. The van der Waals surface area contributed by atoms with E-state index in [0.717, 1.165) is 13.2 Å². The molecule has 1 unspecified atom stereocenters. The van der Waals surface area contributed by atoms with Crippen molar-refractivity contribution in [1.29, 1.82) is 0 Å². The summed E-state index contributed by atoms with van der Waals surface area (Å²) < 4.78 is 42.9. The minimum atomic E-state index is -4.24. The Hall–Kier alpha value is -2.11. The third kappa shape index (κ3) is 4.18. The van der Waals surface area contributed by atoms with Crippen molar-refractivity contribution in [2.45, 2.75) is 11.0 Å². The number of methoxy groups -OCH3 is 1. The minimum absolute atomic E-state index is 0.463. The normalized spacial score (nSPS) is 12.7. The lowest BCUT2D eigenvalue weighted by atomic mass is 10.3. The van der Waals surface area contributed by atoms with Gasteiger partial charge in [-0.1, -0.05) is 0 Å². The molecule has 116 valence electrons. The van der Waals surface area contributed by atoms with Crippen molar-refractivity contribution in [1.82, 2.24) is 4.72 Å². The van der Waals surface area contributed by atoms with Crippen LogP contribution in [0.3, 0.4) is 0 Å². The maximum Gasteiger partial charge on any atom is 0.336 e. The van der Waals surface area contributed by atoms with Gasteiger partial charge in [-0.2, -0.15) is 4.39 Å². The van der Waals surface area contributed by atoms with Crippen molar-refractivity contribution in [3.8, 4) is 0 Å².